The molecule has 0 unspecified atom stereocenters. The van der Waals surface area contributed by atoms with Gasteiger partial charge in [-0.1, -0.05) is 18.2 Å². The van der Waals surface area contributed by atoms with Crippen molar-refractivity contribution in [3.8, 4) is 0 Å². The Hall–Kier alpha value is -3.31. The van der Waals surface area contributed by atoms with Crippen molar-refractivity contribution in [3.63, 3.8) is 0 Å². The van der Waals surface area contributed by atoms with Crippen LogP contribution < -0.4 is 0 Å². The minimum absolute atomic E-state index is 0.143. The fourth-order valence-corrected chi connectivity index (χ4v) is 5.19. The number of hydrogen-bond acceptors (Lipinski definition) is 5. The van der Waals surface area contributed by atoms with Gasteiger partial charge in [0, 0.05) is 43.2 Å². The zero-order chi connectivity index (χ0) is 25.3. The zero-order valence-electron chi connectivity index (χ0n) is 20.1. The second-order valence-corrected chi connectivity index (χ2v) is 9.31. The van der Waals surface area contributed by atoms with E-state index in [0.717, 1.165) is 10.9 Å². The summed E-state index contributed by atoms with van der Waals surface area (Å²) in [5, 5.41) is 5.35. The molecule has 0 spiro atoms. The summed E-state index contributed by atoms with van der Waals surface area (Å²) in [7, 11) is 1.69. The molecule has 1 saturated heterocycles. The number of carbonyl (C=O) groups excluding carboxylic acids is 2. The number of halogens is 2. The lowest BCUT2D eigenvalue weighted by Gasteiger charge is -2.44. The fourth-order valence-electron chi connectivity index (χ4n) is 5.19. The normalized spacial score (nSPS) is 17.4. The summed E-state index contributed by atoms with van der Waals surface area (Å²) in [6.45, 7) is -0.956. The lowest BCUT2D eigenvalue weighted by atomic mass is 9.84. The number of para-hydroxylation sites is 1. The third-order valence-electron chi connectivity index (χ3n) is 7.40. The number of nitrogens with one attached hydrogen (secondary N) is 1. The molecule has 0 atom stereocenters. The van der Waals surface area contributed by atoms with Crippen molar-refractivity contribution in [2.45, 2.75) is 44.5 Å². The summed E-state index contributed by atoms with van der Waals surface area (Å²) < 4.78 is 36.9. The smallest absolute Gasteiger partial charge is 0.345 e. The van der Waals surface area contributed by atoms with Crippen LogP contribution >= 0.6 is 0 Å². The van der Waals surface area contributed by atoms with Crippen LogP contribution in [0.3, 0.4) is 0 Å². The summed E-state index contributed by atoms with van der Waals surface area (Å²) >= 11 is 0. The second-order valence-electron chi connectivity index (χ2n) is 9.31. The predicted molar refractivity (Wildman–Crippen MR) is 127 cm³/mol. The highest BCUT2D eigenvalue weighted by atomic mass is 19.3. The molecule has 1 aromatic carbocycles. The first-order chi connectivity index (χ1) is 17.4. The molecule has 1 fully saturated rings. The van der Waals surface area contributed by atoms with Crippen molar-refractivity contribution in [2.75, 3.05) is 33.4 Å². The summed E-state index contributed by atoms with van der Waals surface area (Å²) in [6.07, 6.45) is 2.86. The van der Waals surface area contributed by atoms with Crippen molar-refractivity contribution in [1.29, 1.82) is 0 Å². The Labute approximate surface area is 206 Å². The van der Waals surface area contributed by atoms with E-state index in [2.05, 4.69) is 14.8 Å². The van der Waals surface area contributed by atoms with Crippen LogP contribution in [0.4, 0.5) is 8.78 Å². The standard InChI is InChI=1S/C25H29F2N5O4/c1-30(25(6-11-35-12-7-25)8-13-36-24(26)27)22(33)18-15-28-32-10-9-31(16-21(18)32)23(34)20-14-17-4-2-3-5-19(17)29-20/h2-5,14-15,24,29H,6-13,16H2,1H3. The van der Waals surface area contributed by atoms with Crippen molar-refractivity contribution in [2.24, 2.45) is 0 Å². The number of hydrogen-bond donors (Lipinski definition) is 1. The molecule has 5 rings (SSSR count). The summed E-state index contributed by atoms with van der Waals surface area (Å²) in [6, 6.07) is 9.52. The number of aromatic amines is 1. The molecule has 0 radical (unpaired) electrons. The van der Waals surface area contributed by atoms with Gasteiger partial charge in [0.1, 0.15) is 5.69 Å². The molecule has 0 saturated carbocycles. The summed E-state index contributed by atoms with van der Waals surface area (Å²) in [5.41, 5.74) is 1.79. The molecule has 2 amide bonds. The first kappa shape index (κ1) is 24.4. The number of aromatic nitrogens is 3. The van der Waals surface area contributed by atoms with E-state index in [1.807, 2.05) is 30.3 Å². The topological polar surface area (TPSA) is 92.7 Å². The Morgan fingerprint density at radius 1 is 1.25 bits per heavy atom. The maximum Gasteiger partial charge on any atom is 0.345 e. The first-order valence-electron chi connectivity index (χ1n) is 12.1. The van der Waals surface area contributed by atoms with Crippen molar-refractivity contribution >= 4 is 22.7 Å². The molecule has 0 aliphatic carbocycles. The number of fused-ring (bicyclic) bond motifs is 2. The monoisotopic (exact) mass is 501 g/mol. The molecule has 2 aliphatic rings. The van der Waals surface area contributed by atoms with Crippen LogP contribution in [-0.4, -0.2) is 81.9 Å². The van der Waals surface area contributed by atoms with Gasteiger partial charge in [0.15, 0.2) is 0 Å². The van der Waals surface area contributed by atoms with Crippen LogP contribution in [0, 0.1) is 0 Å². The van der Waals surface area contributed by atoms with Crippen LogP contribution in [0.15, 0.2) is 36.5 Å². The third-order valence-corrected chi connectivity index (χ3v) is 7.40. The Balaban J connectivity index is 1.35. The van der Waals surface area contributed by atoms with Gasteiger partial charge in [0.2, 0.25) is 0 Å². The maximum absolute atomic E-state index is 13.7. The summed E-state index contributed by atoms with van der Waals surface area (Å²) in [5.74, 6) is -0.398. The molecule has 192 valence electrons. The van der Waals surface area contributed by atoms with Gasteiger partial charge < -0.3 is 24.3 Å². The van der Waals surface area contributed by atoms with Gasteiger partial charge in [-0.05, 0) is 31.4 Å². The number of carbonyl (C=O) groups is 2. The highest BCUT2D eigenvalue weighted by Gasteiger charge is 2.41. The SMILES string of the molecule is CN(C(=O)c1cnn2c1CN(C(=O)c1cc3ccccc3[nH]1)CC2)C1(CCOC(F)F)CCOCC1. The van der Waals surface area contributed by atoms with Gasteiger partial charge in [-0.25, -0.2) is 0 Å². The Morgan fingerprint density at radius 2 is 2.03 bits per heavy atom. The highest BCUT2D eigenvalue weighted by Crippen LogP contribution is 2.33. The molecule has 2 aliphatic heterocycles. The molecule has 3 aromatic rings. The van der Waals surface area contributed by atoms with E-state index in [0.29, 0.717) is 56.1 Å². The van der Waals surface area contributed by atoms with Crippen molar-refractivity contribution < 1.29 is 27.8 Å². The van der Waals surface area contributed by atoms with Gasteiger partial charge in [-0.15, -0.1) is 0 Å². The molecule has 11 heteroatoms. The largest absolute Gasteiger partial charge is 0.381 e. The fraction of sp³-hybridized carbons (Fsp3) is 0.480. The molecular weight excluding hydrogens is 472 g/mol. The molecule has 36 heavy (non-hydrogen) atoms. The van der Waals surface area contributed by atoms with Crippen LogP contribution in [0.2, 0.25) is 0 Å². The average Bonchev–Trinajstić information content (AvgIpc) is 3.51. The molecular formula is C25H29F2N5O4. The van der Waals surface area contributed by atoms with E-state index in [4.69, 9.17) is 4.74 Å². The highest BCUT2D eigenvalue weighted by molar-refractivity contribution is 5.99. The van der Waals surface area contributed by atoms with Gasteiger partial charge >= 0.3 is 6.61 Å². The molecule has 2 aromatic heterocycles. The van der Waals surface area contributed by atoms with E-state index in [1.54, 1.807) is 21.5 Å². The van der Waals surface area contributed by atoms with Crippen molar-refractivity contribution in [3.05, 3.63) is 53.5 Å². The number of rotatable bonds is 7. The lowest BCUT2D eigenvalue weighted by Crippen LogP contribution is -2.53. The van der Waals surface area contributed by atoms with Gasteiger partial charge in [-0.3, -0.25) is 14.3 Å². The minimum Gasteiger partial charge on any atom is -0.381 e. The average molecular weight is 502 g/mol. The van der Waals surface area contributed by atoms with E-state index in [1.165, 1.54) is 6.20 Å². The Morgan fingerprint density at radius 3 is 2.78 bits per heavy atom. The third kappa shape index (κ3) is 4.60. The van der Waals surface area contributed by atoms with Gasteiger partial charge in [-0.2, -0.15) is 13.9 Å². The molecule has 0 bridgehead atoms. The predicted octanol–water partition coefficient (Wildman–Crippen LogP) is 3.27. The van der Waals surface area contributed by atoms with E-state index >= 15 is 0 Å². The van der Waals surface area contributed by atoms with Gasteiger partial charge in [0.05, 0.1) is 37.2 Å². The number of nitrogens with zero attached hydrogens (tertiary/aromatic N) is 4. The molecule has 1 N–H and O–H groups in total. The first-order valence-corrected chi connectivity index (χ1v) is 12.1. The number of benzene rings is 1. The van der Waals surface area contributed by atoms with E-state index < -0.39 is 12.2 Å². The minimum atomic E-state index is -2.86. The number of alkyl halides is 2. The van der Waals surface area contributed by atoms with E-state index in [9.17, 15) is 18.4 Å². The van der Waals surface area contributed by atoms with Crippen LogP contribution in [0.1, 0.15) is 45.8 Å². The lowest BCUT2D eigenvalue weighted by molar-refractivity contribution is -0.138. The van der Waals surface area contributed by atoms with E-state index in [-0.39, 0.29) is 31.4 Å². The summed E-state index contributed by atoms with van der Waals surface area (Å²) in [4.78, 5) is 33.5. The Bertz CT molecular complexity index is 1220. The zero-order valence-corrected chi connectivity index (χ0v) is 20.1. The van der Waals surface area contributed by atoms with Crippen LogP contribution in [0.5, 0.6) is 0 Å². The molecule has 9 nitrogen and oxygen atoms in total. The van der Waals surface area contributed by atoms with Gasteiger partial charge in [0.25, 0.3) is 11.8 Å². The number of ether oxygens (including phenoxy) is 2. The van der Waals surface area contributed by atoms with Crippen LogP contribution in [0.25, 0.3) is 10.9 Å². The second kappa shape index (κ2) is 9.98. The molecule has 4 heterocycles. The van der Waals surface area contributed by atoms with Crippen LogP contribution in [-0.2, 0) is 22.6 Å². The van der Waals surface area contributed by atoms with Crippen molar-refractivity contribution in [1.82, 2.24) is 24.6 Å². The quantitative estimate of drug-likeness (QED) is 0.537. The maximum atomic E-state index is 13.7. The Kier molecular flexibility index (Phi) is 6.76. The number of H-pyrrole nitrogens is 1. The number of amides is 2.